The van der Waals surface area contributed by atoms with Crippen molar-refractivity contribution in [3.8, 4) is 0 Å². The Balaban J connectivity index is 2.28. The Morgan fingerprint density at radius 2 is 2.17 bits per heavy atom. The lowest BCUT2D eigenvalue weighted by molar-refractivity contribution is -0.123. The Kier molecular flexibility index (Phi) is 1.87. The van der Waals surface area contributed by atoms with Crippen LogP contribution in [0.5, 0.6) is 0 Å². The monoisotopic (exact) mass is 162 g/mol. The Labute approximate surface area is 73.2 Å². The molecule has 2 aliphatic rings. The fraction of sp³-hybridized carbons (Fsp3) is 0.545. The van der Waals surface area contributed by atoms with E-state index in [-0.39, 0.29) is 5.41 Å². The van der Waals surface area contributed by atoms with Crippen LogP contribution in [0.25, 0.3) is 0 Å². The van der Waals surface area contributed by atoms with E-state index in [1.54, 1.807) is 0 Å². The van der Waals surface area contributed by atoms with Crippen molar-refractivity contribution in [3.05, 3.63) is 24.3 Å². The molecule has 2 aliphatic carbocycles. The van der Waals surface area contributed by atoms with Gasteiger partial charge in [-0.2, -0.15) is 0 Å². The van der Waals surface area contributed by atoms with Crippen LogP contribution in [-0.2, 0) is 4.79 Å². The highest BCUT2D eigenvalue weighted by Gasteiger charge is 2.38. The van der Waals surface area contributed by atoms with E-state index in [0.29, 0.717) is 5.78 Å². The summed E-state index contributed by atoms with van der Waals surface area (Å²) in [7, 11) is 0. The molecule has 0 radical (unpaired) electrons. The van der Waals surface area contributed by atoms with Gasteiger partial charge in [-0.1, -0.05) is 24.3 Å². The van der Waals surface area contributed by atoms with E-state index in [4.69, 9.17) is 0 Å². The Morgan fingerprint density at radius 3 is 2.92 bits per heavy atom. The largest absolute Gasteiger partial charge is 0.299 e. The molecule has 12 heavy (non-hydrogen) atoms. The summed E-state index contributed by atoms with van der Waals surface area (Å²) < 4.78 is 0. The third-order valence-electron chi connectivity index (χ3n) is 2.94. The van der Waals surface area contributed by atoms with Crippen LogP contribution in [0.15, 0.2) is 24.3 Å². The molecule has 64 valence electrons. The maximum atomic E-state index is 11.6. The van der Waals surface area contributed by atoms with E-state index < -0.39 is 0 Å². The van der Waals surface area contributed by atoms with Gasteiger partial charge in [-0.05, 0) is 25.7 Å². The smallest absolute Gasteiger partial charge is 0.143 e. The molecule has 0 bridgehead atoms. The average Bonchev–Trinajstić information content (AvgIpc) is 2.33. The van der Waals surface area contributed by atoms with Crippen molar-refractivity contribution in [2.75, 3.05) is 0 Å². The third-order valence-corrected chi connectivity index (χ3v) is 2.94. The summed E-state index contributed by atoms with van der Waals surface area (Å²) in [6.07, 6.45) is 13.4. The topological polar surface area (TPSA) is 17.1 Å². The van der Waals surface area contributed by atoms with E-state index in [1.165, 1.54) is 0 Å². The first kappa shape index (κ1) is 7.78. The van der Waals surface area contributed by atoms with Crippen LogP contribution >= 0.6 is 0 Å². The van der Waals surface area contributed by atoms with Crippen LogP contribution in [0.3, 0.4) is 0 Å². The van der Waals surface area contributed by atoms with Gasteiger partial charge in [-0.25, -0.2) is 0 Å². The molecule has 0 aliphatic heterocycles. The zero-order valence-corrected chi connectivity index (χ0v) is 7.25. The lowest BCUT2D eigenvalue weighted by Gasteiger charge is -2.20. The maximum Gasteiger partial charge on any atom is 0.143 e. The molecule has 1 spiro atoms. The first-order valence-corrected chi connectivity index (χ1v) is 4.69. The van der Waals surface area contributed by atoms with Gasteiger partial charge >= 0.3 is 0 Å². The van der Waals surface area contributed by atoms with Crippen molar-refractivity contribution in [3.63, 3.8) is 0 Å². The second-order valence-electron chi connectivity index (χ2n) is 3.75. The molecular weight excluding hydrogens is 148 g/mol. The number of Topliss-reactive ketones (excluding diaryl/α,β-unsaturated/α-hetero) is 1. The molecule has 0 N–H and O–H groups in total. The second-order valence-corrected chi connectivity index (χ2v) is 3.75. The second kappa shape index (κ2) is 2.89. The fourth-order valence-corrected chi connectivity index (χ4v) is 2.18. The predicted octanol–water partition coefficient (Wildman–Crippen LogP) is 2.63. The van der Waals surface area contributed by atoms with Crippen LogP contribution in [0, 0.1) is 5.41 Å². The standard InChI is InChI=1S/C11H14O/c12-10-6-5-9-11(10)7-3-1-2-4-8-11/h1,3-4,8H,2,5-7,9H2. The maximum absolute atomic E-state index is 11.6. The SMILES string of the molecule is O=C1CCCC12C=CCC=CC2. The molecule has 2 rings (SSSR count). The summed E-state index contributed by atoms with van der Waals surface area (Å²) in [5, 5.41) is 0. The van der Waals surface area contributed by atoms with Gasteiger partial charge in [0.15, 0.2) is 0 Å². The molecule has 0 heterocycles. The minimum Gasteiger partial charge on any atom is -0.299 e. The lowest BCUT2D eigenvalue weighted by Crippen LogP contribution is -2.21. The molecule has 0 aromatic rings. The quantitative estimate of drug-likeness (QED) is 0.500. The normalized spacial score (nSPS) is 34.5. The van der Waals surface area contributed by atoms with Gasteiger partial charge in [-0.3, -0.25) is 4.79 Å². The molecule has 0 saturated heterocycles. The van der Waals surface area contributed by atoms with Crippen LogP contribution in [0.1, 0.15) is 32.1 Å². The number of rotatable bonds is 0. The summed E-state index contributed by atoms with van der Waals surface area (Å²) in [5.74, 6) is 0.449. The third kappa shape index (κ3) is 1.13. The van der Waals surface area contributed by atoms with E-state index in [1.807, 2.05) is 0 Å². The Bertz CT molecular complexity index is 250. The molecule has 1 nitrogen and oxygen atoms in total. The molecule has 1 heteroatoms. The zero-order chi connectivity index (χ0) is 8.44. The minimum absolute atomic E-state index is 0.0903. The van der Waals surface area contributed by atoms with Crippen LogP contribution < -0.4 is 0 Å². The van der Waals surface area contributed by atoms with Crippen molar-refractivity contribution in [2.24, 2.45) is 5.41 Å². The fourth-order valence-electron chi connectivity index (χ4n) is 2.18. The van der Waals surface area contributed by atoms with E-state index in [9.17, 15) is 4.79 Å². The molecule has 1 unspecified atom stereocenters. The van der Waals surface area contributed by atoms with Gasteiger partial charge in [0.1, 0.15) is 5.78 Å². The summed E-state index contributed by atoms with van der Waals surface area (Å²) in [6.45, 7) is 0. The molecule has 1 fully saturated rings. The van der Waals surface area contributed by atoms with Crippen molar-refractivity contribution in [1.29, 1.82) is 0 Å². The van der Waals surface area contributed by atoms with Crippen molar-refractivity contribution >= 4 is 5.78 Å². The number of allylic oxidation sites excluding steroid dienone is 4. The van der Waals surface area contributed by atoms with Gasteiger partial charge in [0.05, 0.1) is 5.41 Å². The van der Waals surface area contributed by atoms with Gasteiger partial charge in [0.25, 0.3) is 0 Å². The molecule has 0 aromatic heterocycles. The molecule has 1 saturated carbocycles. The van der Waals surface area contributed by atoms with Crippen LogP contribution in [-0.4, -0.2) is 5.78 Å². The predicted molar refractivity (Wildman–Crippen MR) is 48.8 cm³/mol. The van der Waals surface area contributed by atoms with E-state index in [0.717, 1.165) is 32.1 Å². The summed E-state index contributed by atoms with van der Waals surface area (Å²) >= 11 is 0. The van der Waals surface area contributed by atoms with Crippen molar-refractivity contribution in [1.82, 2.24) is 0 Å². The van der Waals surface area contributed by atoms with Gasteiger partial charge in [-0.15, -0.1) is 0 Å². The van der Waals surface area contributed by atoms with Crippen molar-refractivity contribution in [2.45, 2.75) is 32.1 Å². The van der Waals surface area contributed by atoms with E-state index >= 15 is 0 Å². The number of carbonyl (C=O) groups is 1. The van der Waals surface area contributed by atoms with Gasteiger partial charge in [0, 0.05) is 6.42 Å². The van der Waals surface area contributed by atoms with E-state index in [2.05, 4.69) is 24.3 Å². The Hall–Kier alpha value is -0.850. The van der Waals surface area contributed by atoms with Gasteiger partial charge in [0.2, 0.25) is 0 Å². The van der Waals surface area contributed by atoms with Gasteiger partial charge < -0.3 is 0 Å². The molecule has 1 atom stereocenters. The van der Waals surface area contributed by atoms with Crippen LogP contribution in [0.4, 0.5) is 0 Å². The lowest BCUT2D eigenvalue weighted by atomic mass is 9.82. The summed E-state index contributed by atoms with van der Waals surface area (Å²) in [5.41, 5.74) is -0.0903. The number of hydrogen-bond acceptors (Lipinski definition) is 1. The number of carbonyl (C=O) groups excluding carboxylic acids is 1. The highest BCUT2D eigenvalue weighted by Crippen LogP contribution is 2.40. The average molecular weight is 162 g/mol. The number of ketones is 1. The molecule has 0 aromatic carbocycles. The first-order chi connectivity index (χ1) is 5.83. The van der Waals surface area contributed by atoms with Crippen LogP contribution in [0.2, 0.25) is 0 Å². The highest BCUT2D eigenvalue weighted by atomic mass is 16.1. The summed E-state index contributed by atoms with van der Waals surface area (Å²) in [4.78, 5) is 11.6. The minimum atomic E-state index is -0.0903. The van der Waals surface area contributed by atoms with Crippen molar-refractivity contribution < 1.29 is 4.79 Å². The summed E-state index contributed by atoms with van der Waals surface area (Å²) in [6, 6.07) is 0. The zero-order valence-electron chi connectivity index (χ0n) is 7.25. The highest BCUT2D eigenvalue weighted by molar-refractivity contribution is 5.88. The number of hydrogen-bond donors (Lipinski definition) is 0. The molecule has 0 amide bonds. The first-order valence-electron chi connectivity index (χ1n) is 4.69. The Morgan fingerprint density at radius 1 is 1.25 bits per heavy atom. The molecular formula is C11H14O.